The maximum Gasteiger partial charge on any atom is 0.328 e. The SMILES string of the molecule is CCCCCCNC(C(=O)O)C(=O)C(S)C(=O)c1ccccc1. The van der Waals surface area contributed by atoms with Crippen LogP contribution < -0.4 is 5.32 Å². The molecule has 0 aliphatic heterocycles. The number of carbonyl (C=O) groups is 3. The molecule has 1 aromatic carbocycles. The Balaban J connectivity index is 2.65. The molecule has 2 unspecified atom stereocenters. The monoisotopic (exact) mass is 337 g/mol. The first-order valence-electron chi connectivity index (χ1n) is 7.76. The summed E-state index contributed by atoms with van der Waals surface area (Å²) in [6, 6.07) is 6.85. The first-order valence-corrected chi connectivity index (χ1v) is 8.28. The van der Waals surface area contributed by atoms with Crippen molar-refractivity contribution in [3.05, 3.63) is 35.9 Å². The van der Waals surface area contributed by atoms with Gasteiger partial charge >= 0.3 is 5.97 Å². The highest BCUT2D eigenvalue weighted by Crippen LogP contribution is 2.11. The molecule has 2 atom stereocenters. The summed E-state index contributed by atoms with van der Waals surface area (Å²) in [6.07, 6.45) is 3.90. The third kappa shape index (κ3) is 6.15. The summed E-state index contributed by atoms with van der Waals surface area (Å²) in [4.78, 5) is 35.8. The van der Waals surface area contributed by atoms with Crippen molar-refractivity contribution in [1.29, 1.82) is 0 Å². The highest BCUT2D eigenvalue weighted by molar-refractivity contribution is 7.82. The Bertz CT molecular complexity index is 533. The van der Waals surface area contributed by atoms with E-state index in [1.807, 2.05) is 0 Å². The van der Waals surface area contributed by atoms with Crippen molar-refractivity contribution in [2.45, 2.75) is 43.9 Å². The van der Waals surface area contributed by atoms with Crippen LogP contribution in [0.5, 0.6) is 0 Å². The molecule has 0 aliphatic rings. The number of carbonyl (C=O) groups excluding carboxylic acids is 2. The Morgan fingerprint density at radius 2 is 1.78 bits per heavy atom. The molecule has 0 amide bonds. The number of nitrogens with one attached hydrogen (secondary N) is 1. The molecular weight excluding hydrogens is 314 g/mol. The summed E-state index contributed by atoms with van der Waals surface area (Å²) in [5, 5.41) is 10.6. The van der Waals surface area contributed by atoms with Crippen LogP contribution >= 0.6 is 12.6 Å². The highest BCUT2D eigenvalue weighted by Gasteiger charge is 2.34. The molecule has 1 rings (SSSR count). The van der Waals surface area contributed by atoms with Gasteiger partial charge in [0.05, 0.1) is 0 Å². The number of unbranched alkanes of at least 4 members (excludes halogenated alkanes) is 3. The topological polar surface area (TPSA) is 83.5 Å². The van der Waals surface area contributed by atoms with Gasteiger partial charge in [-0.3, -0.25) is 19.7 Å². The highest BCUT2D eigenvalue weighted by atomic mass is 32.1. The van der Waals surface area contributed by atoms with E-state index >= 15 is 0 Å². The molecular formula is C17H23NO4S. The number of Topliss-reactive ketones (excluding diaryl/α,β-unsaturated/α-hetero) is 2. The fourth-order valence-corrected chi connectivity index (χ4v) is 2.45. The lowest BCUT2D eigenvalue weighted by Crippen LogP contribution is -2.48. The number of hydrogen-bond donors (Lipinski definition) is 3. The van der Waals surface area contributed by atoms with Gasteiger partial charge in [-0.05, 0) is 13.0 Å². The smallest absolute Gasteiger partial charge is 0.328 e. The number of carboxylic acid groups (broad SMARTS) is 1. The minimum absolute atomic E-state index is 0.341. The van der Waals surface area contributed by atoms with Crippen LogP contribution in [0.25, 0.3) is 0 Å². The van der Waals surface area contributed by atoms with Crippen LogP contribution in [0.15, 0.2) is 30.3 Å². The fraction of sp³-hybridized carbons (Fsp3) is 0.471. The first-order chi connectivity index (χ1) is 11.0. The molecule has 0 saturated heterocycles. The number of hydrogen-bond acceptors (Lipinski definition) is 5. The van der Waals surface area contributed by atoms with Crippen LogP contribution in [-0.2, 0) is 9.59 Å². The normalized spacial score (nSPS) is 13.3. The zero-order valence-corrected chi connectivity index (χ0v) is 14.1. The summed E-state index contributed by atoms with van der Waals surface area (Å²) < 4.78 is 0. The molecule has 0 aliphatic carbocycles. The maximum atomic E-state index is 12.3. The van der Waals surface area contributed by atoms with Crippen LogP contribution in [0.3, 0.4) is 0 Å². The average molecular weight is 337 g/mol. The summed E-state index contributed by atoms with van der Waals surface area (Å²) in [5.74, 6) is -2.51. The predicted octanol–water partition coefficient (Wildman–Crippen LogP) is 2.36. The molecule has 0 aromatic heterocycles. The van der Waals surface area contributed by atoms with Gasteiger partial charge in [-0.25, -0.2) is 0 Å². The Morgan fingerprint density at radius 1 is 1.13 bits per heavy atom. The number of carboxylic acids is 1. The van der Waals surface area contributed by atoms with E-state index in [2.05, 4.69) is 24.9 Å². The fourth-order valence-electron chi connectivity index (χ4n) is 2.16. The molecule has 2 N–H and O–H groups in total. The first kappa shape index (κ1) is 19.4. The number of aliphatic carboxylic acids is 1. The van der Waals surface area contributed by atoms with Gasteiger partial charge in [0.25, 0.3) is 0 Å². The average Bonchev–Trinajstić information content (AvgIpc) is 2.56. The van der Waals surface area contributed by atoms with Gasteiger partial charge in [0.1, 0.15) is 5.25 Å². The molecule has 0 saturated carbocycles. The lowest BCUT2D eigenvalue weighted by molar-refractivity contribution is -0.143. The molecule has 0 spiro atoms. The van der Waals surface area contributed by atoms with Crippen molar-refractivity contribution < 1.29 is 19.5 Å². The van der Waals surface area contributed by atoms with Gasteiger partial charge in [0, 0.05) is 5.56 Å². The molecule has 126 valence electrons. The third-order valence-electron chi connectivity index (χ3n) is 3.49. The van der Waals surface area contributed by atoms with Crippen LogP contribution in [0.1, 0.15) is 43.0 Å². The van der Waals surface area contributed by atoms with E-state index in [-0.39, 0.29) is 0 Å². The van der Waals surface area contributed by atoms with E-state index in [1.165, 1.54) is 0 Å². The second-order valence-corrected chi connectivity index (χ2v) is 5.84. The molecule has 0 fully saturated rings. The Labute approximate surface area is 141 Å². The molecule has 0 radical (unpaired) electrons. The van der Waals surface area contributed by atoms with Crippen LogP contribution in [0.4, 0.5) is 0 Å². The molecule has 23 heavy (non-hydrogen) atoms. The van der Waals surface area contributed by atoms with Gasteiger partial charge in [0.15, 0.2) is 17.6 Å². The minimum atomic E-state index is -1.41. The van der Waals surface area contributed by atoms with Crippen molar-refractivity contribution in [2.75, 3.05) is 6.54 Å². The van der Waals surface area contributed by atoms with Crippen molar-refractivity contribution in [3.63, 3.8) is 0 Å². The second-order valence-electron chi connectivity index (χ2n) is 5.32. The van der Waals surface area contributed by atoms with E-state index in [0.717, 1.165) is 25.7 Å². The zero-order valence-electron chi connectivity index (χ0n) is 13.2. The van der Waals surface area contributed by atoms with Crippen molar-refractivity contribution in [3.8, 4) is 0 Å². The van der Waals surface area contributed by atoms with E-state index in [1.54, 1.807) is 30.3 Å². The second kappa shape index (κ2) is 10.2. The molecule has 1 aromatic rings. The van der Waals surface area contributed by atoms with E-state index < -0.39 is 28.8 Å². The quantitative estimate of drug-likeness (QED) is 0.250. The van der Waals surface area contributed by atoms with Crippen molar-refractivity contribution >= 4 is 30.2 Å². The lowest BCUT2D eigenvalue weighted by Gasteiger charge is -2.17. The minimum Gasteiger partial charge on any atom is -0.480 e. The third-order valence-corrected chi connectivity index (χ3v) is 3.98. The number of rotatable bonds is 11. The molecule has 6 heteroatoms. The van der Waals surface area contributed by atoms with Crippen LogP contribution in [0.2, 0.25) is 0 Å². The zero-order chi connectivity index (χ0) is 17.2. The van der Waals surface area contributed by atoms with Gasteiger partial charge in [-0.1, -0.05) is 56.5 Å². The van der Waals surface area contributed by atoms with Crippen molar-refractivity contribution in [2.24, 2.45) is 0 Å². The largest absolute Gasteiger partial charge is 0.480 e. The van der Waals surface area contributed by atoms with Gasteiger partial charge in [-0.15, -0.1) is 0 Å². The lowest BCUT2D eigenvalue weighted by atomic mass is 10.0. The molecule has 5 nitrogen and oxygen atoms in total. The number of thiol groups is 1. The van der Waals surface area contributed by atoms with Crippen LogP contribution in [-0.4, -0.2) is 40.5 Å². The number of ketones is 2. The summed E-state index contributed by atoms with van der Waals surface area (Å²) in [7, 11) is 0. The molecule has 0 bridgehead atoms. The van der Waals surface area contributed by atoms with Crippen molar-refractivity contribution in [1.82, 2.24) is 5.32 Å². The summed E-state index contributed by atoms with van der Waals surface area (Å²) >= 11 is 4.04. The Hall–Kier alpha value is -1.66. The standard InChI is InChI=1S/C17H23NO4S/c1-2-3-4-8-11-18-13(17(21)22)15(20)16(23)14(19)12-9-6-5-7-10-12/h5-7,9-10,13,16,18,23H,2-4,8,11H2,1H3,(H,21,22). The summed E-state index contributed by atoms with van der Waals surface area (Å²) in [5.41, 5.74) is 0.341. The Morgan fingerprint density at radius 3 is 2.35 bits per heavy atom. The predicted molar refractivity (Wildman–Crippen MR) is 92.1 cm³/mol. The molecule has 0 heterocycles. The van der Waals surface area contributed by atoms with E-state index in [0.29, 0.717) is 12.1 Å². The Kier molecular flexibility index (Phi) is 8.58. The van der Waals surface area contributed by atoms with Gasteiger partial charge < -0.3 is 5.11 Å². The van der Waals surface area contributed by atoms with Gasteiger partial charge in [0.2, 0.25) is 0 Å². The van der Waals surface area contributed by atoms with E-state index in [4.69, 9.17) is 0 Å². The van der Waals surface area contributed by atoms with Crippen LogP contribution in [0, 0.1) is 0 Å². The van der Waals surface area contributed by atoms with E-state index in [9.17, 15) is 19.5 Å². The number of benzene rings is 1. The van der Waals surface area contributed by atoms with Gasteiger partial charge in [-0.2, -0.15) is 12.6 Å². The maximum absolute atomic E-state index is 12.3. The summed E-state index contributed by atoms with van der Waals surface area (Å²) in [6.45, 7) is 2.50.